The molecule has 6 heteroatoms. The Labute approximate surface area is 127 Å². The van der Waals surface area contributed by atoms with Crippen LogP contribution in [-0.2, 0) is 7.05 Å². The number of rotatable bonds is 1. The minimum atomic E-state index is 0. The van der Waals surface area contributed by atoms with E-state index >= 15 is 0 Å². The summed E-state index contributed by atoms with van der Waals surface area (Å²) in [5.74, 6) is 1.26. The van der Waals surface area contributed by atoms with Crippen molar-refractivity contribution in [2.45, 2.75) is 18.9 Å². The fourth-order valence-corrected chi connectivity index (χ4v) is 3.90. The number of nitrogens with zero attached hydrogens (tertiary/aromatic N) is 2. The van der Waals surface area contributed by atoms with E-state index < -0.39 is 0 Å². The van der Waals surface area contributed by atoms with Gasteiger partial charge in [0.15, 0.2) is 0 Å². The lowest BCUT2D eigenvalue weighted by Crippen LogP contribution is -2.34. The fourth-order valence-electron chi connectivity index (χ4n) is 3.37. The molecular weight excluding hydrogens is 330 g/mol. The van der Waals surface area contributed by atoms with Gasteiger partial charge in [0, 0.05) is 36.8 Å². The van der Waals surface area contributed by atoms with E-state index in [0.29, 0.717) is 11.8 Å². The normalized spacial score (nSPS) is 29.2. The second-order valence-electron chi connectivity index (χ2n) is 5.53. The maximum Gasteiger partial charge on any atom is 0.270 e. The Kier molecular flexibility index (Phi) is 4.28. The third-order valence-corrected chi connectivity index (χ3v) is 4.82. The lowest BCUT2D eigenvalue weighted by molar-refractivity contribution is 0.0770. The molecule has 3 unspecified atom stereocenters. The van der Waals surface area contributed by atoms with Crippen LogP contribution in [0.25, 0.3) is 0 Å². The second-order valence-corrected chi connectivity index (χ2v) is 6.45. The summed E-state index contributed by atoms with van der Waals surface area (Å²) >= 11 is 3.41. The topological polar surface area (TPSA) is 51.3 Å². The maximum atomic E-state index is 12.5. The van der Waals surface area contributed by atoms with Gasteiger partial charge in [0.25, 0.3) is 5.91 Å². The largest absolute Gasteiger partial charge is 0.345 e. The smallest absolute Gasteiger partial charge is 0.270 e. The van der Waals surface area contributed by atoms with Gasteiger partial charge in [0.05, 0.1) is 0 Å². The van der Waals surface area contributed by atoms with Gasteiger partial charge in [-0.3, -0.25) is 4.79 Å². The molecule has 2 aliphatic rings. The number of aromatic nitrogens is 1. The summed E-state index contributed by atoms with van der Waals surface area (Å²) in [4.78, 5) is 14.4. The van der Waals surface area contributed by atoms with Crippen molar-refractivity contribution in [1.82, 2.24) is 9.47 Å². The SMILES string of the molecule is Cl.Cn1cc(Br)cc1C(=O)N1CC2CCC(N)C2C1. The summed E-state index contributed by atoms with van der Waals surface area (Å²) in [7, 11) is 1.90. The number of aryl methyl sites for hydroxylation is 1. The fraction of sp³-hybridized carbons (Fsp3) is 0.615. The van der Waals surface area contributed by atoms with Crippen LogP contribution in [0, 0.1) is 11.8 Å². The molecule has 3 rings (SSSR count). The van der Waals surface area contributed by atoms with Gasteiger partial charge >= 0.3 is 0 Å². The number of halogens is 2. The Morgan fingerprint density at radius 2 is 2.16 bits per heavy atom. The first-order valence-electron chi connectivity index (χ1n) is 6.43. The van der Waals surface area contributed by atoms with Gasteiger partial charge in [-0.2, -0.15) is 0 Å². The van der Waals surface area contributed by atoms with E-state index in [-0.39, 0.29) is 24.4 Å². The molecule has 0 spiro atoms. The van der Waals surface area contributed by atoms with Crippen molar-refractivity contribution in [2.24, 2.45) is 24.6 Å². The van der Waals surface area contributed by atoms with Gasteiger partial charge in [0.1, 0.15) is 5.69 Å². The zero-order chi connectivity index (χ0) is 12.9. The zero-order valence-corrected chi connectivity index (χ0v) is 13.3. The molecule has 0 radical (unpaired) electrons. The number of amides is 1. The minimum Gasteiger partial charge on any atom is -0.345 e. The standard InChI is InChI=1S/C13H18BrN3O.ClH/c1-16-6-9(14)4-12(16)13(18)17-5-8-2-3-11(15)10(8)7-17;/h4,6,8,10-11H,2-3,5,7,15H2,1H3;1H. The van der Waals surface area contributed by atoms with Gasteiger partial charge in [-0.1, -0.05) is 0 Å². The van der Waals surface area contributed by atoms with E-state index in [0.717, 1.165) is 29.7 Å². The van der Waals surface area contributed by atoms with Crippen LogP contribution in [-0.4, -0.2) is 34.5 Å². The van der Waals surface area contributed by atoms with Crippen LogP contribution in [0.3, 0.4) is 0 Å². The first kappa shape index (κ1) is 14.9. The van der Waals surface area contributed by atoms with Crippen LogP contribution in [0.15, 0.2) is 16.7 Å². The Morgan fingerprint density at radius 1 is 1.42 bits per heavy atom. The summed E-state index contributed by atoms with van der Waals surface area (Å²) in [6.45, 7) is 1.70. The van der Waals surface area contributed by atoms with E-state index in [4.69, 9.17) is 5.73 Å². The first-order chi connectivity index (χ1) is 8.56. The Hall–Kier alpha value is -0.520. The lowest BCUT2D eigenvalue weighted by atomic mass is 9.98. The van der Waals surface area contributed by atoms with Gasteiger partial charge in [-0.05, 0) is 46.7 Å². The quantitative estimate of drug-likeness (QED) is 0.844. The van der Waals surface area contributed by atoms with Crippen molar-refractivity contribution >= 4 is 34.2 Å². The molecule has 4 nitrogen and oxygen atoms in total. The van der Waals surface area contributed by atoms with Crippen molar-refractivity contribution in [1.29, 1.82) is 0 Å². The van der Waals surface area contributed by atoms with Crippen LogP contribution >= 0.6 is 28.3 Å². The maximum absolute atomic E-state index is 12.5. The number of fused-ring (bicyclic) bond motifs is 1. The summed E-state index contributed by atoms with van der Waals surface area (Å²) in [5.41, 5.74) is 6.85. The molecule has 0 aromatic carbocycles. The average Bonchev–Trinajstić information content (AvgIpc) is 2.96. The summed E-state index contributed by atoms with van der Waals surface area (Å²) < 4.78 is 2.82. The second kappa shape index (κ2) is 5.46. The molecule has 1 aromatic rings. The summed E-state index contributed by atoms with van der Waals surface area (Å²) in [6, 6.07) is 2.17. The van der Waals surface area contributed by atoms with Crippen LogP contribution in [0.2, 0.25) is 0 Å². The Bertz CT molecular complexity index is 490. The van der Waals surface area contributed by atoms with E-state index in [9.17, 15) is 4.79 Å². The van der Waals surface area contributed by atoms with Crippen LogP contribution < -0.4 is 5.73 Å². The average molecular weight is 349 g/mol. The molecule has 1 aliphatic carbocycles. The van der Waals surface area contributed by atoms with Crippen molar-refractivity contribution < 1.29 is 4.79 Å². The molecule has 1 amide bonds. The zero-order valence-electron chi connectivity index (χ0n) is 10.9. The molecule has 106 valence electrons. The predicted octanol–water partition coefficient (Wildman–Crippen LogP) is 2.02. The van der Waals surface area contributed by atoms with Gasteiger partial charge in [-0.25, -0.2) is 0 Å². The Balaban J connectivity index is 0.00000133. The predicted molar refractivity (Wildman–Crippen MR) is 80.5 cm³/mol. The molecule has 2 N–H and O–H groups in total. The van der Waals surface area contributed by atoms with Crippen LogP contribution in [0.1, 0.15) is 23.3 Å². The highest BCUT2D eigenvalue weighted by molar-refractivity contribution is 9.10. The molecule has 2 heterocycles. The van der Waals surface area contributed by atoms with Crippen LogP contribution in [0.5, 0.6) is 0 Å². The lowest BCUT2D eigenvalue weighted by Gasteiger charge is -2.19. The first-order valence-corrected chi connectivity index (χ1v) is 7.22. The highest BCUT2D eigenvalue weighted by Gasteiger charge is 2.42. The van der Waals surface area contributed by atoms with E-state index in [1.807, 2.05) is 28.8 Å². The summed E-state index contributed by atoms with van der Waals surface area (Å²) in [5, 5.41) is 0. The van der Waals surface area contributed by atoms with Crippen LogP contribution in [0.4, 0.5) is 0 Å². The number of carbonyl (C=O) groups is 1. The monoisotopic (exact) mass is 347 g/mol. The van der Waals surface area contributed by atoms with Gasteiger partial charge in [0.2, 0.25) is 0 Å². The number of likely N-dealkylation sites (tertiary alicyclic amines) is 1. The van der Waals surface area contributed by atoms with Gasteiger partial charge < -0.3 is 15.2 Å². The third kappa shape index (κ3) is 2.56. The van der Waals surface area contributed by atoms with Crippen molar-refractivity contribution in [3.05, 3.63) is 22.4 Å². The molecule has 1 aromatic heterocycles. The van der Waals surface area contributed by atoms with E-state index in [2.05, 4.69) is 15.9 Å². The third-order valence-electron chi connectivity index (χ3n) is 4.39. The molecule has 0 bridgehead atoms. The number of hydrogen-bond donors (Lipinski definition) is 1. The van der Waals surface area contributed by atoms with E-state index in [1.54, 1.807) is 0 Å². The minimum absolute atomic E-state index is 0. The van der Waals surface area contributed by atoms with Crippen molar-refractivity contribution in [2.75, 3.05) is 13.1 Å². The molecule has 2 fully saturated rings. The molecule has 1 saturated heterocycles. The highest BCUT2D eigenvalue weighted by atomic mass is 79.9. The van der Waals surface area contributed by atoms with Crippen molar-refractivity contribution in [3.63, 3.8) is 0 Å². The number of nitrogens with two attached hydrogens (primary N) is 1. The molecule has 19 heavy (non-hydrogen) atoms. The van der Waals surface area contributed by atoms with Gasteiger partial charge in [-0.15, -0.1) is 12.4 Å². The van der Waals surface area contributed by atoms with E-state index in [1.165, 1.54) is 6.42 Å². The number of carbonyl (C=O) groups excluding carboxylic acids is 1. The molecule has 1 saturated carbocycles. The molecule has 3 atom stereocenters. The molecule has 1 aliphatic heterocycles. The Morgan fingerprint density at radius 3 is 2.74 bits per heavy atom. The van der Waals surface area contributed by atoms with Crippen molar-refractivity contribution in [3.8, 4) is 0 Å². The summed E-state index contributed by atoms with van der Waals surface area (Å²) in [6.07, 6.45) is 4.20. The molecular formula is C13H19BrClN3O. The number of hydrogen-bond acceptors (Lipinski definition) is 2. The highest BCUT2D eigenvalue weighted by Crippen LogP contribution is 2.37.